The highest BCUT2D eigenvalue weighted by molar-refractivity contribution is 5.78. The van der Waals surface area contributed by atoms with Gasteiger partial charge in [-0.25, -0.2) is 4.39 Å². The smallest absolute Gasteiger partial charge is 0.226 e. The van der Waals surface area contributed by atoms with E-state index in [0.29, 0.717) is 18.7 Å². The molecule has 2 N–H and O–H groups in total. The zero-order valence-corrected chi connectivity index (χ0v) is 10.9. The number of benzene rings is 1. The molecule has 0 saturated carbocycles. The molecule has 18 heavy (non-hydrogen) atoms. The number of amides is 1. The minimum Gasteiger partial charge on any atom is -0.494 e. The highest BCUT2D eigenvalue weighted by Crippen LogP contribution is 2.18. The van der Waals surface area contributed by atoms with Crippen molar-refractivity contribution >= 4 is 5.91 Å². The van der Waals surface area contributed by atoms with Crippen molar-refractivity contribution < 1.29 is 13.9 Å². The van der Waals surface area contributed by atoms with Crippen molar-refractivity contribution in [2.24, 2.45) is 11.7 Å². The van der Waals surface area contributed by atoms with Gasteiger partial charge in [0.15, 0.2) is 11.6 Å². The van der Waals surface area contributed by atoms with Gasteiger partial charge in [-0.1, -0.05) is 13.0 Å². The Morgan fingerprint density at radius 1 is 1.56 bits per heavy atom. The molecule has 0 saturated heterocycles. The topological polar surface area (TPSA) is 55.6 Å². The van der Waals surface area contributed by atoms with Gasteiger partial charge in [-0.3, -0.25) is 4.79 Å². The normalized spacial score (nSPS) is 12.1. The Morgan fingerprint density at radius 3 is 2.72 bits per heavy atom. The van der Waals surface area contributed by atoms with Gasteiger partial charge >= 0.3 is 0 Å². The summed E-state index contributed by atoms with van der Waals surface area (Å²) in [6.07, 6.45) is 0. The number of ether oxygens (including phenoxy) is 1. The lowest BCUT2D eigenvalue weighted by Crippen LogP contribution is -2.34. The first-order chi connectivity index (χ1) is 8.49. The number of nitrogens with zero attached hydrogens (tertiary/aromatic N) is 1. The molecule has 1 unspecified atom stereocenters. The number of hydrogen-bond acceptors (Lipinski definition) is 3. The van der Waals surface area contributed by atoms with E-state index in [2.05, 4.69) is 0 Å². The summed E-state index contributed by atoms with van der Waals surface area (Å²) in [5.41, 5.74) is 6.16. The van der Waals surface area contributed by atoms with Gasteiger partial charge in [0, 0.05) is 26.1 Å². The van der Waals surface area contributed by atoms with E-state index in [-0.39, 0.29) is 17.6 Å². The van der Waals surface area contributed by atoms with Crippen LogP contribution in [-0.2, 0) is 11.3 Å². The SMILES string of the molecule is COc1ccc(CN(C)C(=O)C(C)CN)cc1F. The van der Waals surface area contributed by atoms with Gasteiger partial charge in [0.2, 0.25) is 5.91 Å². The molecule has 0 aromatic heterocycles. The summed E-state index contributed by atoms with van der Waals surface area (Å²) < 4.78 is 18.3. The molecule has 1 aromatic carbocycles. The molecule has 5 heteroatoms. The average Bonchev–Trinajstić information content (AvgIpc) is 2.37. The van der Waals surface area contributed by atoms with Crippen LogP contribution < -0.4 is 10.5 Å². The minimum absolute atomic E-state index is 0.0475. The number of nitrogens with two attached hydrogens (primary N) is 1. The van der Waals surface area contributed by atoms with E-state index in [0.717, 1.165) is 0 Å². The van der Waals surface area contributed by atoms with Crippen LogP contribution in [0.2, 0.25) is 0 Å². The minimum atomic E-state index is -0.428. The molecule has 0 radical (unpaired) electrons. The van der Waals surface area contributed by atoms with Gasteiger partial charge in [0.05, 0.1) is 7.11 Å². The molecule has 1 rings (SSSR count). The summed E-state index contributed by atoms with van der Waals surface area (Å²) in [7, 11) is 3.09. The van der Waals surface area contributed by atoms with Gasteiger partial charge in [0.25, 0.3) is 0 Å². The first-order valence-corrected chi connectivity index (χ1v) is 5.77. The molecule has 0 bridgehead atoms. The highest BCUT2D eigenvalue weighted by Gasteiger charge is 2.16. The number of hydrogen-bond donors (Lipinski definition) is 1. The zero-order valence-electron chi connectivity index (χ0n) is 10.9. The van der Waals surface area contributed by atoms with Crippen LogP contribution in [0, 0.1) is 11.7 Å². The van der Waals surface area contributed by atoms with Gasteiger partial charge in [-0.2, -0.15) is 0 Å². The molecule has 1 aromatic rings. The Kier molecular flexibility index (Phi) is 5.09. The third-order valence-electron chi connectivity index (χ3n) is 2.79. The van der Waals surface area contributed by atoms with E-state index >= 15 is 0 Å². The molecule has 0 fully saturated rings. The Balaban J connectivity index is 2.73. The molecular formula is C13H19FN2O2. The van der Waals surface area contributed by atoms with Crippen LogP contribution in [0.4, 0.5) is 4.39 Å². The molecular weight excluding hydrogens is 235 g/mol. The van der Waals surface area contributed by atoms with Crippen molar-refractivity contribution in [1.29, 1.82) is 0 Å². The van der Waals surface area contributed by atoms with Crippen LogP contribution >= 0.6 is 0 Å². The standard InChI is InChI=1S/C13H19FN2O2/c1-9(7-15)13(17)16(2)8-10-4-5-12(18-3)11(14)6-10/h4-6,9H,7-8,15H2,1-3H3. The van der Waals surface area contributed by atoms with Crippen LogP contribution in [0.25, 0.3) is 0 Å². The molecule has 0 spiro atoms. The molecule has 4 nitrogen and oxygen atoms in total. The molecule has 0 aliphatic rings. The summed E-state index contributed by atoms with van der Waals surface area (Å²) >= 11 is 0. The van der Waals surface area contributed by atoms with E-state index in [4.69, 9.17) is 10.5 Å². The van der Waals surface area contributed by atoms with Crippen LogP contribution in [0.15, 0.2) is 18.2 Å². The largest absolute Gasteiger partial charge is 0.494 e. The monoisotopic (exact) mass is 254 g/mol. The second-order valence-electron chi connectivity index (χ2n) is 4.30. The number of rotatable bonds is 5. The lowest BCUT2D eigenvalue weighted by Gasteiger charge is -2.20. The highest BCUT2D eigenvalue weighted by atomic mass is 19.1. The maximum absolute atomic E-state index is 13.5. The van der Waals surface area contributed by atoms with Crippen molar-refractivity contribution in [2.75, 3.05) is 20.7 Å². The van der Waals surface area contributed by atoms with Crippen LogP contribution in [-0.4, -0.2) is 31.5 Å². The molecule has 0 aliphatic carbocycles. The third kappa shape index (κ3) is 3.43. The first-order valence-electron chi connectivity index (χ1n) is 5.77. The fourth-order valence-corrected chi connectivity index (χ4v) is 1.64. The van der Waals surface area contributed by atoms with E-state index in [1.807, 2.05) is 0 Å². The van der Waals surface area contributed by atoms with Gasteiger partial charge in [-0.15, -0.1) is 0 Å². The predicted octanol–water partition coefficient (Wildman–Crippen LogP) is 1.39. The quantitative estimate of drug-likeness (QED) is 0.863. The average molecular weight is 254 g/mol. The molecule has 100 valence electrons. The second kappa shape index (κ2) is 6.35. The Hall–Kier alpha value is -1.62. The van der Waals surface area contributed by atoms with Gasteiger partial charge in [-0.05, 0) is 17.7 Å². The van der Waals surface area contributed by atoms with Crippen molar-refractivity contribution in [1.82, 2.24) is 4.90 Å². The summed E-state index contributed by atoms with van der Waals surface area (Å²) in [6.45, 7) is 2.43. The zero-order chi connectivity index (χ0) is 13.7. The number of halogens is 1. The fraction of sp³-hybridized carbons (Fsp3) is 0.462. The number of methoxy groups -OCH3 is 1. The van der Waals surface area contributed by atoms with Crippen molar-refractivity contribution in [3.8, 4) is 5.75 Å². The Bertz CT molecular complexity index is 423. The van der Waals surface area contributed by atoms with E-state index < -0.39 is 5.82 Å². The van der Waals surface area contributed by atoms with E-state index in [1.54, 1.807) is 31.0 Å². The number of carbonyl (C=O) groups excluding carboxylic acids is 1. The second-order valence-corrected chi connectivity index (χ2v) is 4.30. The molecule has 1 amide bonds. The van der Waals surface area contributed by atoms with Crippen molar-refractivity contribution in [2.45, 2.75) is 13.5 Å². The van der Waals surface area contributed by atoms with Crippen LogP contribution in [0.1, 0.15) is 12.5 Å². The molecule has 1 atom stereocenters. The maximum Gasteiger partial charge on any atom is 0.226 e. The molecule has 0 aliphatic heterocycles. The fourth-order valence-electron chi connectivity index (χ4n) is 1.64. The number of carbonyl (C=O) groups is 1. The van der Waals surface area contributed by atoms with E-state index in [1.165, 1.54) is 13.2 Å². The van der Waals surface area contributed by atoms with Crippen molar-refractivity contribution in [3.05, 3.63) is 29.6 Å². The summed E-state index contributed by atoms with van der Waals surface area (Å²) in [6, 6.07) is 4.66. The Labute approximate surface area is 107 Å². The maximum atomic E-state index is 13.5. The third-order valence-corrected chi connectivity index (χ3v) is 2.79. The first kappa shape index (κ1) is 14.4. The van der Waals surface area contributed by atoms with Crippen molar-refractivity contribution in [3.63, 3.8) is 0 Å². The lowest BCUT2D eigenvalue weighted by atomic mass is 10.1. The van der Waals surface area contributed by atoms with Crippen LogP contribution in [0.3, 0.4) is 0 Å². The summed E-state index contributed by atoms with van der Waals surface area (Å²) in [4.78, 5) is 13.4. The Morgan fingerprint density at radius 2 is 2.22 bits per heavy atom. The van der Waals surface area contributed by atoms with Gasteiger partial charge in [0.1, 0.15) is 0 Å². The summed E-state index contributed by atoms with van der Waals surface area (Å²) in [5.74, 6) is -0.502. The lowest BCUT2D eigenvalue weighted by molar-refractivity contribution is -0.133. The van der Waals surface area contributed by atoms with Gasteiger partial charge < -0.3 is 15.4 Å². The van der Waals surface area contributed by atoms with E-state index in [9.17, 15) is 9.18 Å². The molecule has 0 heterocycles. The van der Waals surface area contributed by atoms with Crippen LogP contribution in [0.5, 0.6) is 5.75 Å². The predicted molar refractivity (Wildman–Crippen MR) is 67.6 cm³/mol. The summed E-state index contributed by atoms with van der Waals surface area (Å²) in [5, 5.41) is 0.